The summed E-state index contributed by atoms with van der Waals surface area (Å²) in [6.45, 7) is 0.181. The Morgan fingerprint density at radius 2 is 1.39 bits per heavy atom. The quantitative estimate of drug-likeness (QED) is 0.716. The van der Waals surface area contributed by atoms with Gasteiger partial charge in [-0.15, -0.1) is 0 Å². The second-order valence-electron chi connectivity index (χ2n) is 6.72. The van der Waals surface area contributed by atoms with Gasteiger partial charge in [0.05, 0.1) is 0 Å². The molecule has 4 rings (SSSR count). The van der Waals surface area contributed by atoms with E-state index < -0.39 is 18.0 Å². The third kappa shape index (κ3) is 3.34. The lowest BCUT2D eigenvalue weighted by Gasteiger charge is -2.18. The fraction of sp³-hybridized carbons (Fsp3) is 0.130. The molecular formula is C23H20N2O3. The number of nitrogens with two attached hydrogens (primary N) is 1. The van der Waals surface area contributed by atoms with E-state index in [9.17, 15) is 9.59 Å². The maximum Gasteiger partial charge on any atom is 0.408 e. The van der Waals surface area contributed by atoms with E-state index in [0.29, 0.717) is 5.56 Å². The standard InChI is InChI=1S/C23H20N2O3/c24-22(26)21(15-8-2-1-3-9-15)25-23(27)28-14-20-18-12-6-4-10-16(18)17-11-5-7-13-19(17)20/h1-13,20-21H,14H2,(H2,24,26)(H,25,27)/t21-/m0/s1. The topological polar surface area (TPSA) is 81.4 Å². The zero-order valence-electron chi connectivity index (χ0n) is 15.2. The number of hydrogen-bond acceptors (Lipinski definition) is 3. The number of hydrogen-bond donors (Lipinski definition) is 2. The number of ether oxygens (including phenoxy) is 1. The number of carbonyl (C=O) groups excluding carboxylic acids is 2. The Balaban J connectivity index is 1.49. The molecule has 0 spiro atoms. The lowest BCUT2D eigenvalue weighted by molar-refractivity contribution is -0.120. The summed E-state index contributed by atoms with van der Waals surface area (Å²) in [6.07, 6.45) is -0.672. The normalized spacial score (nSPS) is 13.3. The third-order valence-corrected chi connectivity index (χ3v) is 5.02. The molecule has 3 aromatic carbocycles. The minimum absolute atomic E-state index is 0.0399. The molecule has 1 atom stereocenters. The molecular weight excluding hydrogens is 352 g/mol. The van der Waals surface area contributed by atoms with Crippen molar-refractivity contribution in [1.82, 2.24) is 5.32 Å². The molecule has 0 saturated heterocycles. The summed E-state index contributed by atoms with van der Waals surface area (Å²) >= 11 is 0. The first-order chi connectivity index (χ1) is 13.6. The predicted molar refractivity (Wildman–Crippen MR) is 107 cm³/mol. The van der Waals surface area contributed by atoms with Crippen molar-refractivity contribution in [3.8, 4) is 11.1 Å². The fourth-order valence-corrected chi connectivity index (χ4v) is 3.72. The van der Waals surface area contributed by atoms with Gasteiger partial charge in [-0.25, -0.2) is 4.79 Å². The third-order valence-electron chi connectivity index (χ3n) is 5.02. The Labute approximate surface area is 163 Å². The molecule has 140 valence electrons. The van der Waals surface area contributed by atoms with E-state index >= 15 is 0 Å². The minimum Gasteiger partial charge on any atom is -0.449 e. The van der Waals surface area contributed by atoms with Gasteiger partial charge >= 0.3 is 6.09 Å². The van der Waals surface area contributed by atoms with Crippen LogP contribution in [0.1, 0.15) is 28.7 Å². The number of alkyl carbamates (subject to hydrolysis) is 1. The molecule has 5 heteroatoms. The number of fused-ring (bicyclic) bond motifs is 3. The van der Waals surface area contributed by atoms with Crippen molar-refractivity contribution in [1.29, 1.82) is 0 Å². The van der Waals surface area contributed by atoms with Gasteiger partial charge in [0, 0.05) is 5.92 Å². The Kier molecular flexibility index (Phi) is 4.81. The molecule has 1 aliphatic carbocycles. The highest BCUT2D eigenvalue weighted by molar-refractivity contribution is 5.85. The van der Waals surface area contributed by atoms with E-state index in [1.165, 1.54) is 0 Å². The van der Waals surface area contributed by atoms with Crippen molar-refractivity contribution in [2.24, 2.45) is 5.73 Å². The van der Waals surface area contributed by atoms with Gasteiger partial charge in [-0.1, -0.05) is 78.9 Å². The highest BCUT2D eigenvalue weighted by Gasteiger charge is 2.29. The first-order valence-electron chi connectivity index (χ1n) is 9.11. The summed E-state index contributed by atoms with van der Waals surface area (Å²) in [5, 5.41) is 2.57. The number of nitrogens with one attached hydrogen (secondary N) is 1. The molecule has 28 heavy (non-hydrogen) atoms. The van der Waals surface area contributed by atoms with E-state index in [-0.39, 0.29) is 12.5 Å². The number of rotatable bonds is 5. The van der Waals surface area contributed by atoms with Crippen LogP contribution in [-0.4, -0.2) is 18.6 Å². The second kappa shape index (κ2) is 7.56. The zero-order chi connectivity index (χ0) is 19.5. The van der Waals surface area contributed by atoms with E-state index in [1.54, 1.807) is 24.3 Å². The number of primary amides is 1. The van der Waals surface area contributed by atoms with Crippen LogP contribution in [0.2, 0.25) is 0 Å². The van der Waals surface area contributed by atoms with Crippen LogP contribution in [0, 0.1) is 0 Å². The first-order valence-corrected chi connectivity index (χ1v) is 9.11. The monoisotopic (exact) mass is 372 g/mol. The van der Waals surface area contributed by atoms with Gasteiger partial charge in [-0.3, -0.25) is 4.79 Å². The SMILES string of the molecule is NC(=O)[C@@H](NC(=O)OCC1c2ccccc2-c2ccccc21)c1ccccc1. The molecule has 3 aromatic rings. The van der Waals surface area contributed by atoms with Crippen LogP contribution in [0.3, 0.4) is 0 Å². The van der Waals surface area contributed by atoms with E-state index in [1.807, 2.05) is 30.3 Å². The van der Waals surface area contributed by atoms with E-state index in [0.717, 1.165) is 22.3 Å². The van der Waals surface area contributed by atoms with Crippen molar-refractivity contribution in [2.75, 3.05) is 6.61 Å². The molecule has 0 aliphatic heterocycles. The van der Waals surface area contributed by atoms with Crippen LogP contribution in [0.25, 0.3) is 11.1 Å². The molecule has 0 fully saturated rings. The Hall–Kier alpha value is -3.60. The van der Waals surface area contributed by atoms with Crippen molar-refractivity contribution < 1.29 is 14.3 Å². The largest absolute Gasteiger partial charge is 0.449 e. The summed E-state index contributed by atoms with van der Waals surface area (Å²) in [5.41, 5.74) is 10.6. The molecule has 2 amide bonds. The number of carbonyl (C=O) groups is 2. The fourth-order valence-electron chi connectivity index (χ4n) is 3.72. The maximum atomic E-state index is 12.4. The lowest BCUT2D eigenvalue weighted by Crippen LogP contribution is -2.38. The second-order valence-corrected chi connectivity index (χ2v) is 6.72. The van der Waals surface area contributed by atoms with Gasteiger partial charge in [0.15, 0.2) is 0 Å². The van der Waals surface area contributed by atoms with Gasteiger partial charge in [0.2, 0.25) is 5.91 Å². The average Bonchev–Trinajstić information content (AvgIpc) is 3.05. The molecule has 0 saturated carbocycles. The van der Waals surface area contributed by atoms with Gasteiger partial charge in [-0.2, -0.15) is 0 Å². The van der Waals surface area contributed by atoms with Crippen LogP contribution >= 0.6 is 0 Å². The Bertz CT molecular complexity index is 972. The zero-order valence-corrected chi connectivity index (χ0v) is 15.2. The predicted octanol–water partition coefficient (Wildman–Crippen LogP) is 3.75. The van der Waals surface area contributed by atoms with Crippen LogP contribution in [-0.2, 0) is 9.53 Å². The summed E-state index contributed by atoms with van der Waals surface area (Å²) in [4.78, 5) is 24.1. The summed E-state index contributed by atoms with van der Waals surface area (Å²) in [6, 6.07) is 24.2. The minimum atomic E-state index is -0.933. The first kappa shape index (κ1) is 17.8. The van der Waals surface area contributed by atoms with Gasteiger partial charge in [0.25, 0.3) is 0 Å². The van der Waals surface area contributed by atoms with Crippen molar-refractivity contribution in [2.45, 2.75) is 12.0 Å². The van der Waals surface area contributed by atoms with Crippen molar-refractivity contribution >= 4 is 12.0 Å². The average molecular weight is 372 g/mol. The van der Waals surface area contributed by atoms with Crippen LogP contribution < -0.4 is 11.1 Å². The lowest BCUT2D eigenvalue weighted by atomic mass is 9.98. The smallest absolute Gasteiger partial charge is 0.408 e. The maximum absolute atomic E-state index is 12.4. The summed E-state index contributed by atoms with van der Waals surface area (Å²) in [7, 11) is 0. The van der Waals surface area contributed by atoms with E-state index in [2.05, 4.69) is 29.6 Å². The van der Waals surface area contributed by atoms with Crippen molar-refractivity contribution in [3.63, 3.8) is 0 Å². The number of benzene rings is 3. The Morgan fingerprint density at radius 1 is 0.857 bits per heavy atom. The molecule has 3 N–H and O–H groups in total. The van der Waals surface area contributed by atoms with E-state index in [4.69, 9.17) is 10.5 Å². The van der Waals surface area contributed by atoms with Crippen molar-refractivity contribution in [3.05, 3.63) is 95.6 Å². The molecule has 5 nitrogen and oxygen atoms in total. The van der Waals surface area contributed by atoms with Crippen LogP contribution in [0.4, 0.5) is 4.79 Å². The summed E-state index contributed by atoms with van der Waals surface area (Å²) < 4.78 is 5.48. The molecule has 1 aliphatic rings. The van der Waals surface area contributed by atoms with Gasteiger partial charge < -0.3 is 15.8 Å². The number of amides is 2. The summed E-state index contributed by atoms with van der Waals surface area (Å²) in [5.74, 6) is -0.679. The van der Waals surface area contributed by atoms with Gasteiger partial charge in [-0.05, 0) is 27.8 Å². The Morgan fingerprint density at radius 3 is 1.96 bits per heavy atom. The highest BCUT2D eigenvalue weighted by Crippen LogP contribution is 2.44. The highest BCUT2D eigenvalue weighted by atomic mass is 16.5. The molecule has 0 aromatic heterocycles. The molecule has 0 unspecified atom stereocenters. The van der Waals surface area contributed by atoms with Crippen LogP contribution in [0.5, 0.6) is 0 Å². The molecule has 0 heterocycles. The van der Waals surface area contributed by atoms with Crippen LogP contribution in [0.15, 0.2) is 78.9 Å². The molecule has 0 radical (unpaired) electrons. The van der Waals surface area contributed by atoms with Gasteiger partial charge in [0.1, 0.15) is 12.6 Å². The molecule has 0 bridgehead atoms.